The number of benzene rings is 1. The number of para-hydroxylation sites is 2. The summed E-state index contributed by atoms with van der Waals surface area (Å²) in [6.45, 7) is 5.69. The maximum absolute atomic E-state index is 5.72. The molecular formula is C14H19N3O. The van der Waals surface area contributed by atoms with Crippen molar-refractivity contribution < 1.29 is 4.42 Å². The molecule has 96 valence electrons. The van der Waals surface area contributed by atoms with Gasteiger partial charge < -0.3 is 14.6 Å². The van der Waals surface area contributed by atoms with Crippen molar-refractivity contribution in [1.82, 2.24) is 15.2 Å². The van der Waals surface area contributed by atoms with Crippen LogP contribution in [-0.4, -0.2) is 42.6 Å². The van der Waals surface area contributed by atoms with Gasteiger partial charge in [-0.25, -0.2) is 4.98 Å². The number of rotatable bonds is 4. The Hall–Kier alpha value is -1.39. The molecule has 1 aliphatic rings. The molecule has 0 aliphatic carbocycles. The Morgan fingerprint density at radius 2 is 2.06 bits per heavy atom. The zero-order chi connectivity index (χ0) is 12.2. The zero-order valence-corrected chi connectivity index (χ0v) is 10.6. The van der Waals surface area contributed by atoms with Gasteiger partial charge >= 0.3 is 0 Å². The van der Waals surface area contributed by atoms with Gasteiger partial charge in [0.15, 0.2) is 11.5 Å². The monoisotopic (exact) mass is 245 g/mol. The van der Waals surface area contributed by atoms with Gasteiger partial charge in [-0.2, -0.15) is 0 Å². The van der Waals surface area contributed by atoms with Crippen LogP contribution in [0.5, 0.6) is 0 Å². The second-order valence-corrected chi connectivity index (χ2v) is 4.77. The van der Waals surface area contributed by atoms with Crippen molar-refractivity contribution in [2.45, 2.75) is 12.8 Å². The molecule has 0 unspecified atom stereocenters. The molecule has 1 N–H and O–H groups in total. The van der Waals surface area contributed by atoms with Gasteiger partial charge in [0.05, 0.1) is 0 Å². The van der Waals surface area contributed by atoms with Crippen molar-refractivity contribution >= 4 is 11.1 Å². The Morgan fingerprint density at radius 3 is 2.89 bits per heavy atom. The summed E-state index contributed by atoms with van der Waals surface area (Å²) in [4.78, 5) is 7.00. The van der Waals surface area contributed by atoms with Crippen molar-refractivity contribution in [3.63, 3.8) is 0 Å². The second kappa shape index (κ2) is 5.50. The summed E-state index contributed by atoms with van der Waals surface area (Å²) in [6, 6.07) is 7.95. The van der Waals surface area contributed by atoms with Gasteiger partial charge in [-0.1, -0.05) is 12.1 Å². The molecule has 18 heavy (non-hydrogen) atoms. The summed E-state index contributed by atoms with van der Waals surface area (Å²) in [5.74, 6) is 0.867. The van der Waals surface area contributed by atoms with E-state index in [0.29, 0.717) is 0 Å². The highest BCUT2D eigenvalue weighted by Gasteiger charge is 2.10. The summed E-state index contributed by atoms with van der Waals surface area (Å²) in [5, 5.41) is 3.37. The molecule has 3 rings (SSSR count). The highest BCUT2D eigenvalue weighted by molar-refractivity contribution is 5.72. The Balaban J connectivity index is 1.53. The average Bonchev–Trinajstić information content (AvgIpc) is 2.82. The maximum Gasteiger partial charge on any atom is 0.195 e. The molecule has 0 amide bonds. The molecule has 0 radical (unpaired) electrons. The molecule has 0 spiro atoms. The van der Waals surface area contributed by atoms with Crippen LogP contribution in [0.4, 0.5) is 0 Å². The standard InChI is InChI=1S/C14H19N3O/c1-2-5-13-12(4-1)16-14(18-13)6-3-9-17-10-7-15-8-11-17/h1-2,4-5,15H,3,6-11H2. The predicted octanol–water partition coefficient (Wildman–Crippen LogP) is 1.67. The number of nitrogens with zero attached hydrogens (tertiary/aromatic N) is 2. The largest absolute Gasteiger partial charge is 0.441 e. The Kier molecular flexibility index (Phi) is 3.57. The van der Waals surface area contributed by atoms with E-state index in [1.54, 1.807) is 0 Å². The summed E-state index contributed by atoms with van der Waals surface area (Å²) in [6.07, 6.45) is 2.05. The molecule has 1 aliphatic heterocycles. The first-order valence-corrected chi connectivity index (χ1v) is 6.69. The van der Waals surface area contributed by atoms with Gasteiger partial charge in [0, 0.05) is 32.6 Å². The van der Waals surface area contributed by atoms with Crippen molar-refractivity contribution in [3.8, 4) is 0 Å². The predicted molar refractivity (Wildman–Crippen MR) is 71.6 cm³/mol. The van der Waals surface area contributed by atoms with Crippen LogP contribution in [0.2, 0.25) is 0 Å². The fourth-order valence-electron chi connectivity index (χ4n) is 2.42. The molecule has 1 saturated heterocycles. The van der Waals surface area contributed by atoms with E-state index in [0.717, 1.165) is 62.6 Å². The highest BCUT2D eigenvalue weighted by atomic mass is 16.3. The quantitative estimate of drug-likeness (QED) is 0.889. The molecule has 1 aromatic heterocycles. The summed E-state index contributed by atoms with van der Waals surface area (Å²) < 4.78 is 5.72. The molecule has 0 bridgehead atoms. The lowest BCUT2D eigenvalue weighted by Crippen LogP contribution is -2.43. The van der Waals surface area contributed by atoms with E-state index in [-0.39, 0.29) is 0 Å². The molecule has 0 atom stereocenters. The van der Waals surface area contributed by atoms with Crippen molar-refractivity contribution in [2.75, 3.05) is 32.7 Å². The Morgan fingerprint density at radius 1 is 1.22 bits per heavy atom. The molecule has 0 saturated carbocycles. The smallest absolute Gasteiger partial charge is 0.195 e. The van der Waals surface area contributed by atoms with Gasteiger partial charge in [-0.3, -0.25) is 0 Å². The van der Waals surface area contributed by atoms with Crippen LogP contribution in [0, 0.1) is 0 Å². The van der Waals surface area contributed by atoms with Crippen LogP contribution in [-0.2, 0) is 6.42 Å². The fourth-order valence-corrected chi connectivity index (χ4v) is 2.42. The molecule has 2 aromatic rings. The first-order valence-electron chi connectivity index (χ1n) is 6.69. The average molecular weight is 245 g/mol. The number of hydrogen-bond donors (Lipinski definition) is 1. The van der Waals surface area contributed by atoms with Crippen molar-refractivity contribution in [3.05, 3.63) is 30.2 Å². The Labute approximate surface area is 107 Å². The third kappa shape index (κ3) is 2.71. The lowest BCUT2D eigenvalue weighted by molar-refractivity contribution is 0.237. The van der Waals surface area contributed by atoms with Crippen LogP contribution in [0.1, 0.15) is 12.3 Å². The minimum Gasteiger partial charge on any atom is -0.441 e. The van der Waals surface area contributed by atoms with Gasteiger partial charge in [-0.15, -0.1) is 0 Å². The number of hydrogen-bond acceptors (Lipinski definition) is 4. The molecule has 1 fully saturated rings. The van der Waals surface area contributed by atoms with Crippen LogP contribution in [0.15, 0.2) is 28.7 Å². The van der Waals surface area contributed by atoms with Crippen LogP contribution >= 0.6 is 0 Å². The van der Waals surface area contributed by atoms with E-state index in [1.165, 1.54) is 0 Å². The maximum atomic E-state index is 5.72. The summed E-state index contributed by atoms with van der Waals surface area (Å²) in [5.41, 5.74) is 1.87. The normalized spacial score (nSPS) is 17.3. The third-order valence-electron chi connectivity index (χ3n) is 3.41. The summed E-state index contributed by atoms with van der Waals surface area (Å²) >= 11 is 0. The first-order chi connectivity index (χ1) is 8.92. The number of nitrogens with one attached hydrogen (secondary N) is 1. The highest BCUT2D eigenvalue weighted by Crippen LogP contribution is 2.15. The van der Waals surface area contributed by atoms with Gasteiger partial charge in [0.25, 0.3) is 0 Å². The van der Waals surface area contributed by atoms with Crippen molar-refractivity contribution in [1.29, 1.82) is 0 Å². The van der Waals surface area contributed by atoms with Gasteiger partial charge in [-0.05, 0) is 25.1 Å². The van der Waals surface area contributed by atoms with Gasteiger partial charge in [0.1, 0.15) is 5.52 Å². The van der Waals surface area contributed by atoms with Crippen LogP contribution < -0.4 is 5.32 Å². The number of aryl methyl sites for hydroxylation is 1. The number of aromatic nitrogens is 1. The van der Waals surface area contributed by atoms with E-state index >= 15 is 0 Å². The lowest BCUT2D eigenvalue weighted by Gasteiger charge is -2.26. The first kappa shape index (κ1) is 11.7. The van der Waals surface area contributed by atoms with Crippen LogP contribution in [0.25, 0.3) is 11.1 Å². The molecule has 1 aromatic carbocycles. The fraction of sp³-hybridized carbons (Fsp3) is 0.500. The van der Waals surface area contributed by atoms with E-state index in [4.69, 9.17) is 4.42 Å². The molecule has 2 heterocycles. The molecule has 4 nitrogen and oxygen atoms in total. The number of oxazole rings is 1. The lowest BCUT2D eigenvalue weighted by atomic mass is 10.2. The number of piperazine rings is 1. The summed E-state index contributed by atoms with van der Waals surface area (Å²) in [7, 11) is 0. The van der Waals surface area contributed by atoms with Crippen LogP contribution in [0.3, 0.4) is 0 Å². The number of fused-ring (bicyclic) bond motifs is 1. The molecule has 4 heteroatoms. The third-order valence-corrected chi connectivity index (χ3v) is 3.41. The van der Waals surface area contributed by atoms with Gasteiger partial charge in [0.2, 0.25) is 0 Å². The zero-order valence-electron chi connectivity index (χ0n) is 10.6. The van der Waals surface area contributed by atoms with E-state index in [2.05, 4.69) is 15.2 Å². The Bertz CT molecular complexity index is 469. The minimum absolute atomic E-state index is 0.867. The van der Waals surface area contributed by atoms with E-state index in [9.17, 15) is 0 Å². The SMILES string of the molecule is c1ccc2oc(CCCN3CCNCC3)nc2c1. The molecular weight excluding hydrogens is 226 g/mol. The van der Waals surface area contributed by atoms with Crippen molar-refractivity contribution in [2.24, 2.45) is 0 Å². The minimum atomic E-state index is 0.867. The van der Waals surface area contributed by atoms with E-state index < -0.39 is 0 Å². The van der Waals surface area contributed by atoms with E-state index in [1.807, 2.05) is 24.3 Å². The second-order valence-electron chi connectivity index (χ2n) is 4.77. The topological polar surface area (TPSA) is 41.3 Å².